The molecule has 178 valence electrons. The molecule has 0 unspecified atom stereocenters. The zero-order valence-corrected chi connectivity index (χ0v) is 19.4. The second-order valence-electron chi connectivity index (χ2n) is 7.59. The van der Waals surface area contributed by atoms with Gasteiger partial charge in [-0.1, -0.05) is 29.3 Å². The molecule has 1 amide bonds. The van der Waals surface area contributed by atoms with E-state index in [-0.39, 0.29) is 13.0 Å². The van der Waals surface area contributed by atoms with Crippen LogP contribution in [0.25, 0.3) is 16.5 Å². The van der Waals surface area contributed by atoms with Gasteiger partial charge in [0, 0.05) is 35.3 Å². The van der Waals surface area contributed by atoms with Gasteiger partial charge in [0.2, 0.25) is 0 Å². The Hall–Kier alpha value is -3.50. The van der Waals surface area contributed by atoms with E-state index in [0.717, 1.165) is 11.1 Å². The second kappa shape index (κ2) is 9.78. The van der Waals surface area contributed by atoms with Crippen molar-refractivity contribution < 1.29 is 29.0 Å². The van der Waals surface area contributed by atoms with Crippen molar-refractivity contribution in [1.29, 1.82) is 0 Å². The Balaban J connectivity index is 1.73. The van der Waals surface area contributed by atoms with E-state index in [0.29, 0.717) is 21.1 Å². The lowest BCUT2D eigenvalue weighted by molar-refractivity contribution is -0.142. The molecule has 2 aromatic carbocycles. The number of nitrogens with one attached hydrogen (secondary N) is 1. The normalized spacial score (nSPS) is 17.6. The number of methoxy groups -OCH3 is 1. The molecule has 1 aliphatic heterocycles. The molecule has 0 radical (unpaired) electrons. The number of imidazole rings is 1. The summed E-state index contributed by atoms with van der Waals surface area (Å²) in [5, 5.41) is 13.1. The predicted molar refractivity (Wildman–Crippen MR) is 125 cm³/mol. The SMILES string of the molecule is COC(=O)[C@@H]1C[C@H](OC(=O)NCC(=O)O)CN1c1cc(-n2ccnc2)c2ccc(Cl)c(Cl)c2c1. The van der Waals surface area contributed by atoms with E-state index in [2.05, 4.69) is 10.3 Å². The maximum Gasteiger partial charge on any atom is 0.407 e. The Labute approximate surface area is 204 Å². The van der Waals surface area contributed by atoms with E-state index in [4.69, 9.17) is 37.8 Å². The number of carbonyl (C=O) groups excluding carboxylic acids is 2. The first-order valence-corrected chi connectivity index (χ1v) is 10.9. The average Bonchev–Trinajstić information content (AvgIpc) is 3.49. The van der Waals surface area contributed by atoms with Crippen LogP contribution in [0, 0.1) is 0 Å². The lowest BCUT2D eigenvalue weighted by Gasteiger charge is -2.26. The van der Waals surface area contributed by atoms with Gasteiger partial charge in [0.25, 0.3) is 0 Å². The molecule has 0 saturated carbocycles. The van der Waals surface area contributed by atoms with Crippen molar-refractivity contribution in [2.75, 3.05) is 25.1 Å². The maximum absolute atomic E-state index is 12.6. The Morgan fingerprint density at radius 2 is 2.03 bits per heavy atom. The third-order valence-corrected chi connectivity index (χ3v) is 6.31. The van der Waals surface area contributed by atoms with Gasteiger partial charge in [-0.15, -0.1) is 0 Å². The summed E-state index contributed by atoms with van der Waals surface area (Å²) < 4.78 is 12.1. The summed E-state index contributed by atoms with van der Waals surface area (Å²) in [6, 6.07) is 6.50. The first kappa shape index (κ1) is 23.7. The van der Waals surface area contributed by atoms with Crippen molar-refractivity contribution in [1.82, 2.24) is 14.9 Å². The molecule has 2 atom stereocenters. The number of benzene rings is 2. The van der Waals surface area contributed by atoms with Crippen molar-refractivity contribution in [2.24, 2.45) is 0 Å². The van der Waals surface area contributed by atoms with Crippen LogP contribution < -0.4 is 10.2 Å². The Bertz CT molecular complexity index is 1250. The number of carboxylic acids is 1. The fraction of sp³-hybridized carbons (Fsp3) is 0.273. The first-order chi connectivity index (χ1) is 16.3. The number of halogens is 2. The number of carbonyl (C=O) groups is 3. The van der Waals surface area contributed by atoms with Gasteiger partial charge in [-0.3, -0.25) is 4.79 Å². The van der Waals surface area contributed by atoms with Gasteiger partial charge in [-0.25, -0.2) is 14.6 Å². The molecule has 10 nitrogen and oxygen atoms in total. The quantitative estimate of drug-likeness (QED) is 0.488. The molecule has 1 saturated heterocycles. The summed E-state index contributed by atoms with van der Waals surface area (Å²) in [5.74, 6) is -1.70. The summed E-state index contributed by atoms with van der Waals surface area (Å²) in [6.07, 6.45) is 3.66. The molecular formula is C22H20Cl2N4O6. The van der Waals surface area contributed by atoms with Crippen LogP contribution in [-0.2, 0) is 19.1 Å². The zero-order chi connectivity index (χ0) is 24.4. The molecule has 1 aliphatic rings. The zero-order valence-electron chi connectivity index (χ0n) is 17.9. The van der Waals surface area contributed by atoms with Crippen LogP contribution in [-0.4, -0.2) is 65.0 Å². The molecule has 0 aliphatic carbocycles. The van der Waals surface area contributed by atoms with Crippen LogP contribution in [0.3, 0.4) is 0 Å². The van der Waals surface area contributed by atoms with Crippen LogP contribution >= 0.6 is 23.2 Å². The fourth-order valence-corrected chi connectivity index (χ4v) is 4.37. The Morgan fingerprint density at radius 1 is 1.24 bits per heavy atom. The van der Waals surface area contributed by atoms with Gasteiger partial charge < -0.3 is 29.4 Å². The lowest BCUT2D eigenvalue weighted by Crippen LogP contribution is -2.37. The highest BCUT2D eigenvalue weighted by Gasteiger charge is 2.40. The van der Waals surface area contributed by atoms with E-state index in [1.54, 1.807) is 29.7 Å². The molecule has 0 bridgehead atoms. The highest BCUT2D eigenvalue weighted by molar-refractivity contribution is 6.45. The number of hydrogen-bond donors (Lipinski definition) is 2. The highest BCUT2D eigenvalue weighted by Crippen LogP contribution is 2.39. The topological polar surface area (TPSA) is 123 Å². The number of fused-ring (bicyclic) bond motifs is 1. The molecular weight excluding hydrogens is 487 g/mol. The van der Waals surface area contributed by atoms with Crippen molar-refractivity contribution in [3.05, 3.63) is 53.0 Å². The van der Waals surface area contributed by atoms with Gasteiger partial charge >= 0.3 is 18.0 Å². The van der Waals surface area contributed by atoms with Crippen LogP contribution in [0.2, 0.25) is 10.0 Å². The fourth-order valence-electron chi connectivity index (χ4n) is 3.99. The smallest absolute Gasteiger partial charge is 0.407 e. The van der Waals surface area contributed by atoms with Gasteiger partial charge in [-0.2, -0.15) is 0 Å². The third kappa shape index (κ3) is 4.73. The number of ether oxygens (including phenoxy) is 2. The largest absolute Gasteiger partial charge is 0.480 e. The maximum atomic E-state index is 12.6. The van der Waals surface area contributed by atoms with Crippen LogP contribution in [0.15, 0.2) is 43.0 Å². The van der Waals surface area contributed by atoms with Gasteiger partial charge in [0.1, 0.15) is 18.7 Å². The summed E-state index contributed by atoms with van der Waals surface area (Å²) in [5.41, 5.74) is 1.39. The van der Waals surface area contributed by atoms with Crippen LogP contribution in [0.5, 0.6) is 0 Å². The molecule has 1 aromatic heterocycles. The number of carboxylic acid groups (broad SMARTS) is 1. The lowest BCUT2D eigenvalue weighted by atomic mass is 10.1. The van der Waals surface area contributed by atoms with Crippen molar-refractivity contribution in [3.63, 3.8) is 0 Å². The van der Waals surface area contributed by atoms with Gasteiger partial charge in [0.15, 0.2) is 0 Å². The standard InChI is InChI=1S/C22H20Cl2N4O6/c1-33-21(31)18-8-13(34-22(32)26-9-19(29)30)10-28(18)12-6-15-14(2-3-16(23)20(15)24)17(7-12)27-5-4-25-11-27/h2-7,11,13,18H,8-10H2,1H3,(H,26,32)(H,29,30)/t13-,18-/m0/s1. The third-order valence-electron chi connectivity index (χ3n) is 5.49. The number of hydrogen-bond acceptors (Lipinski definition) is 7. The minimum atomic E-state index is -1.20. The van der Waals surface area contributed by atoms with E-state index in [1.165, 1.54) is 7.11 Å². The van der Waals surface area contributed by atoms with Crippen LogP contribution in [0.4, 0.5) is 10.5 Å². The molecule has 2 N–H and O–H groups in total. The summed E-state index contributed by atoms with van der Waals surface area (Å²) in [4.78, 5) is 41.1. The number of amides is 1. The average molecular weight is 507 g/mol. The van der Waals surface area contributed by atoms with E-state index >= 15 is 0 Å². The van der Waals surface area contributed by atoms with E-state index < -0.39 is 36.7 Å². The second-order valence-corrected chi connectivity index (χ2v) is 8.38. The summed E-state index contributed by atoms with van der Waals surface area (Å²) in [7, 11) is 1.28. The summed E-state index contributed by atoms with van der Waals surface area (Å²) in [6.45, 7) is -0.402. The van der Waals surface area contributed by atoms with Gasteiger partial charge in [0.05, 0.1) is 35.7 Å². The highest BCUT2D eigenvalue weighted by atomic mass is 35.5. The molecule has 34 heavy (non-hydrogen) atoms. The van der Waals surface area contributed by atoms with Crippen molar-refractivity contribution in [3.8, 4) is 5.69 Å². The number of anilines is 1. The predicted octanol–water partition coefficient (Wildman–Crippen LogP) is 3.26. The Morgan fingerprint density at radius 3 is 2.71 bits per heavy atom. The number of aliphatic carboxylic acids is 1. The van der Waals surface area contributed by atoms with Crippen molar-refractivity contribution in [2.45, 2.75) is 18.6 Å². The molecule has 1 fully saturated rings. The molecule has 3 aromatic rings. The molecule has 0 spiro atoms. The minimum Gasteiger partial charge on any atom is -0.480 e. The number of alkyl carbamates (subject to hydrolysis) is 1. The molecule has 4 rings (SSSR count). The molecule has 12 heteroatoms. The summed E-state index contributed by atoms with van der Waals surface area (Å²) >= 11 is 12.8. The monoisotopic (exact) mass is 506 g/mol. The van der Waals surface area contributed by atoms with Gasteiger partial charge in [-0.05, 0) is 18.2 Å². The molecule has 2 heterocycles. The Kier molecular flexibility index (Phi) is 6.80. The minimum absolute atomic E-state index is 0.162. The number of rotatable bonds is 6. The number of esters is 1. The number of nitrogens with zero attached hydrogens (tertiary/aromatic N) is 3. The van der Waals surface area contributed by atoms with Crippen LogP contribution in [0.1, 0.15) is 6.42 Å². The van der Waals surface area contributed by atoms with E-state index in [9.17, 15) is 14.4 Å². The van der Waals surface area contributed by atoms with Crippen molar-refractivity contribution >= 4 is 57.7 Å². The first-order valence-electron chi connectivity index (χ1n) is 10.2. The van der Waals surface area contributed by atoms with E-state index in [1.807, 2.05) is 22.8 Å². The number of aromatic nitrogens is 2.